The van der Waals surface area contributed by atoms with E-state index in [2.05, 4.69) is 0 Å². The second-order valence-electron chi connectivity index (χ2n) is 5.01. The first-order valence-electron chi connectivity index (χ1n) is 7.04. The van der Waals surface area contributed by atoms with Crippen molar-refractivity contribution in [2.24, 2.45) is 0 Å². The van der Waals surface area contributed by atoms with Gasteiger partial charge in [0.1, 0.15) is 18.0 Å². The SMILES string of the molecule is COc1cc(COC2CCCCO2)n(CC(=O)O)c(=O)c1N. The van der Waals surface area contributed by atoms with Crippen LogP contribution in [0.25, 0.3) is 0 Å². The fourth-order valence-corrected chi connectivity index (χ4v) is 2.31. The van der Waals surface area contributed by atoms with Crippen molar-refractivity contribution in [3.05, 3.63) is 22.1 Å². The van der Waals surface area contributed by atoms with Crippen molar-refractivity contribution in [3.8, 4) is 5.75 Å². The van der Waals surface area contributed by atoms with Gasteiger partial charge in [0, 0.05) is 12.7 Å². The molecule has 8 heteroatoms. The van der Waals surface area contributed by atoms with E-state index in [1.165, 1.54) is 13.2 Å². The molecule has 1 unspecified atom stereocenters. The first-order valence-corrected chi connectivity index (χ1v) is 7.04. The minimum atomic E-state index is -1.14. The van der Waals surface area contributed by atoms with Crippen LogP contribution >= 0.6 is 0 Å². The number of carboxylic acid groups (broad SMARTS) is 1. The third-order valence-corrected chi connectivity index (χ3v) is 3.45. The van der Waals surface area contributed by atoms with E-state index in [1.54, 1.807) is 0 Å². The summed E-state index contributed by atoms with van der Waals surface area (Å²) >= 11 is 0. The summed E-state index contributed by atoms with van der Waals surface area (Å²) < 4.78 is 17.2. The Morgan fingerprint density at radius 1 is 1.55 bits per heavy atom. The number of rotatable bonds is 6. The molecule has 1 aromatic heterocycles. The van der Waals surface area contributed by atoms with E-state index in [0.29, 0.717) is 12.3 Å². The van der Waals surface area contributed by atoms with Gasteiger partial charge in [0.25, 0.3) is 5.56 Å². The highest BCUT2D eigenvalue weighted by atomic mass is 16.7. The maximum atomic E-state index is 12.2. The predicted molar refractivity (Wildman–Crippen MR) is 77.7 cm³/mol. The summed E-state index contributed by atoms with van der Waals surface area (Å²) in [5, 5.41) is 8.95. The molecule has 8 nitrogen and oxygen atoms in total. The van der Waals surface area contributed by atoms with Gasteiger partial charge in [-0.3, -0.25) is 14.2 Å². The molecule has 22 heavy (non-hydrogen) atoms. The number of nitrogens with zero attached hydrogens (tertiary/aromatic N) is 1. The number of nitrogens with two attached hydrogens (primary N) is 1. The minimum Gasteiger partial charge on any atom is -0.494 e. The number of aliphatic carboxylic acids is 1. The van der Waals surface area contributed by atoms with Crippen LogP contribution in [0.15, 0.2) is 10.9 Å². The Kier molecular flexibility index (Phi) is 5.40. The molecule has 0 amide bonds. The summed E-state index contributed by atoms with van der Waals surface area (Å²) in [7, 11) is 1.39. The molecule has 3 N–H and O–H groups in total. The number of pyridine rings is 1. The van der Waals surface area contributed by atoms with Crippen molar-refractivity contribution in [1.82, 2.24) is 4.57 Å². The second kappa shape index (κ2) is 7.28. The minimum absolute atomic E-state index is 0.0455. The molecule has 0 aliphatic carbocycles. The van der Waals surface area contributed by atoms with Crippen molar-refractivity contribution in [2.45, 2.75) is 38.7 Å². The lowest BCUT2D eigenvalue weighted by Gasteiger charge is -2.23. The fourth-order valence-electron chi connectivity index (χ4n) is 2.31. The summed E-state index contributed by atoms with van der Waals surface area (Å²) in [5.41, 5.74) is 5.31. The third-order valence-electron chi connectivity index (χ3n) is 3.45. The van der Waals surface area contributed by atoms with E-state index < -0.39 is 18.1 Å². The van der Waals surface area contributed by atoms with E-state index in [0.717, 1.165) is 23.8 Å². The number of hydrogen-bond acceptors (Lipinski definition) is 6. The molecule has 1 saturated heterocycles. The van der Waals surface area contributed by atoms with Crippen LogP contribution in [0.3, 0.4) is 0 Å². The lowest BCUT2D eigenvalue weighted by atomic mass is 10.2. The molecule has 1 aromatic rings. The Labute approximate surface area is 127 Å². The predicted octanol–water partition coefficient (Wildman–Crippen LogP) is 0.567. The Morgan fingerprint density at radius 2 is 2.32 bits per heavy atom. The highest BCUT2D eigenvalue weighted by Crippen LogP contribution is 2.21. The maximum Gasteiger partial charge on any atom is 0.323 e. The van der Waals surface area contributed by atoms with Crippen molar-refractivity contribution in [1.29, 1.82) is 0 Å². The summed E-state index contributed by atoms with van der Waals surface area (Å²) in [6.45, 7) is 0.193. The van der Waals surface area contributed by atoms with Gasteiger partial charge in [-0.1, -0.05) is 0 Å². The van der Waals surface area contributed by atoms with Crippen LogP contribution in [-0.4, -0.2) is 35.6 Å². The Balaban J connectivity index is 2.24. The number of nitrogen functional groups attached to an aromatic ring is 1. The molecular formula is C14H20N2O6. The molecule has 1 aliphatic rings. The van der Waals surface area contributed by atoms with Crippen LogP contribution in [0.4, 0.5) is 5.69 Å². The van der Waals surface area contributed by atoms with E-state index in [1.807, 2.05) is 0 Å². The largest absolute Gasteiger partial charge is 0.494 e. The summed E-state index contributed by atoms with van der Waals surface area (Å²) in [4.78, 5) is 23.1. The van der Waals surface area contributed by atoms with Crippen molar-refractivity contribution in [3.63, 3.8) is 0 Å². The normalized spacial score (nSPS) is 18.1. The zero-order chi connectivity index (χ0) is 16.1. The summed E-state index contributed by atoms with van der Waals surface area (Å²) in [6, 6.07) is 1.52. The number of ether oxygens (including phenoxy) is 3. The maximum absolute atomic E-state index is 12.2. The summed E-state index contributed by atoms with van der Waals surface area (Å²) in [5.74, 6) is -0.934. The van der Waals surface area contributed by atoms with E-state index in [-0.39, 0.29) is 24.3 Å². The zero-order valence-corrected chi connectivity index (χ0v) is 12.4. The molecule has 0 radical (unpaired) electrons. The number of hydrogen-bond donors (Lipinski definition) is 2. The highest BCUT2D eigenvalue weighted by Gasteiger charge is 2.18. The Bertz CT molecular complexity index is 592. The fraction of sp³-hybridized carbons (Fsp3) is 0.571. The average Bonchev–Trinajstić information content (AvgIpc) is 2.52. The van der Waals surface area contributed by atoms with Crippen LogP contribution < -0.4 is 16.0 Å². The second-order valence-corrected chi connectivity index (χ2v) is 5.01. The number of methoxy groups -OCH3 is 1. The topological polar surface area (TPSA) is 113 Å². The van der Waals surface area contributed by atoms with Crippen LogP contribution in [0.2, 0.25) is 0 Å². The number of aromatic nitrogens is 1. The van der Waals surface area contributed by atoms with Crippen LogP contribution in [0, 0.1) is 0 Å². The molecule has 0 bridgehead atoms. The molecule has 0 spiro atoms. The van der Waals surface area contributed by atoms with Gasteiger partial charge in [0.05, 0.1) is 19.4 Å². The van der Waals surface area contributed by atoms with E-state index in [9.17, 15) is 9.59 Å². The molecule has 1 aliphatic heterocycles. The van der Waals surface area contributed by atoms with Gasteiger partial charge in [-0.2, -0.15) is 0 Å². The Hall–Kier alpha value is -2.06. The zero-order valence-electron chi connectivity index (χ0n) is 12.4. The number of carboxylic acids is 1. The smallest absolute Gasteiger partial charge is 0.323 e. The lowest BCUT2D eigenvalue weighted by Crippen LogP contribution is -2.31. The first kappa shape index (κ1) is 16.3. The number of carbonyl (C=O) groups is 1. The first-order chi connectivity index (χ1) is 10.5. The van der Waals surface area contributed by atoms with Crippen molar-refractivity contribution < 1.29 is 24.1 Å². The monoisotopic (exact) mass is 312 g/mol. The molecule has 1 fully saturated rings. The molecule has 0 saturated carbocycles. The van der Waals surface area contributed by atoms with Crippen LogP contribution in [0.1, 0.15) is 25.0 Å². The van der Waals surface area contributed by atoms with E-state index >= 15 is 0 Å². The van der Waals surface area contributed by atoms with E-state index in [4.69, 9.17) is 25.1 Å². The van der Waals surface area contributed by atoms with Gasteiger partial charge in [-0.15, -0.1) is 0 Å². The average molecular weight is 312 g/mol. The van der Waals surface area contributed by atoms with Gasteiger partial charge in [0.2, 0.25) is 0 Å². The Morgan fingerprint density at radius 3 is 2.91 bits per heavy atom. The quantitative estimate of drug-likeness (QED) is 0.789. The molecule has 2 rings (SSSR count). The summed E-state index contributed by atoms with van der Waals surface area (Å²) in [6.07, 6.45) is 2.44. The molecule has 1 atom stereocenters. The molecule has 122 valence electrons. The van der Waals surface area contributed by atoms with Crippen molar-refractivity contribution >= 4 is 11.7 Å². The highest BCUT2D eigenvalue weighted by molar-refractivity contribution is 5.67. The molecule has 2 heterocycles. The van der Waals surface area contributed by atoms with Gasteiger partial charge in [-0.25, -0.2) is 0 Å². The van der Waals surface area contributed by atoms with Crippen LogP contribution in [0.5, 0.6) is 5.75 Å². The molecular weight excluding hydrogens is 292 g/mol. The lowest BCUT2D eigenvalue weighted by molar-refractivity contribution is -0.170. The van der Waals surface area contributed by atoms with Crippen molar-refractivity contribution in [2.75, 3.05) is 19.5 Å². The number of anilines is 1. The molecule has 0 aromatic carbocycles. The third kappa shape index (κ3) is 3.77. The van der Waals surface area contributed by atoms with Gasteiger partial charge < -0.3 is 25.1 Å². The van der Waals surface area contributed by atoms with Gasteiger partial charge >= 0.3 is 5.97 Å². The van der Waals surface area contributed by atoms with Gasteiger partial charge in [0.15, 0.2) is 6.29 Å². The van der Waals surface area contributed by atoms with Crippen LogP contribution in [-0.2, 0) is 27.4 Å². The standard InChI is InChI=1S/C14H20N2O6/c1-20-10-6-9(8-22-12-4-2-3-5-21-12)16(7-11(17)18)14(19)13(10)15/h6,12H,2-5,7-8,15H2,1H3,(H,17,18). The van der Waals surface area contributed by atoms with Gasteiger partial charge in [-0.05, 0) is 19.3 Å².